The quantitative estimate of drug-likeness (QED) is 0.802. The van der Waals surface area contributed by atoms with Crippen LogP contribution in [0.5, 0.6) is 0 Å². The van der Waals surface area contributed by atoms with Crippen molar-refractivity contribution in [3.05, 3.63) is 0 Å². The van der Waals surface area contributed by atoms with E-state index in [4.69, 9.17) is 4.74 Å². The van der Waals surface area contributed by atoms with Gasteiger partial charge in [0, 0.05) is 31.8 Å². The smallest absolute Gasteiger partial charge is 0.410 e. The first-order valence-electron chi connectivity index (χ1n) is 8.57. The fourth-order valence-electron chi connectivity index (χ4n) is 2.94. The van der Waals surface area contributed by atoms with E-state index in [0.717, 1.165) is 44.5 Å². The summed E-state index contributed by atoms with van der Waals surface area (Å²) in [6.45, 7) is 9.78. The first-order chi connectivity index (χ1) is 10.7. The van der Waals surface area contributed by atoms with Crippen LogP contribution in [0.4, 0.5) is 4.79 Å². The van der Waals surface area contributed by atoms with Crippen molar-refractivity contribution in [2.75, 3.05) is 19.6 Å². The first-order valence-corrected chi connectivity index (χ1v) is 8.57. The minimum atomic E-state index is -0.446. The summed E-state index contributed by atoms with van der Waals surface area (Å²) in [7, 11) is 0. The molecule has 6 heteroatoms. The molecule has 1 saturated heterocycles. The van der Waals surface area contributed by atoms with Crippen LogP contribution >= 0.6 is 0 Å². The van der Waals surface area contributed by atoms with Gasteiger partial charge in [-0.1, -0.05) is 0 Å². The van der Waals surface area contributed by atoms with Crippen molar-refractivity contribution in [2.45, 2.75) is 65.4 Å². The fourth-order valence-corrected chi connectivity index (χ4v) is 2.94. The van der Waals surface area contributed by atoms with Gasteiger partial charge in [-0.25, -0.2) is 9.80 Å². The molecule has 0 N–H and O–H groups in total. The standard InChI is InChI=1S/C17H29N3O3/c1-13-5-6-15(21)20(18-13)12-9-14-7-10-19(11-8-14)16(22)23-17(2,3)4/h14H,5-12H2,1-4H3. The molecular weight excluding hydrogens is 294 g/mol. The summed E-state index contributed by atoms with van der Waals surface area (Å²) in [5, 5.41) is 5.97. The number of hydrogen-bond donors (Lipinski definition) is 0. The monoisotopic (exact) mass is 323 g/mol. The first kappa shape index (κ1) is 17.8. The van der Waals surface area contributed by atoms with Crippen molar-refractivity contribution >= 4 is 17.7 Å². The topological polar surface area (TPSA) is 62.2 Å². The van der Waals surface area contributed by atoms with Crippen LogP contribution in [0.15, 0.2) is 5.10 Å². The van der Waals surface area contributed by atoms with Gasteiger partial charge in [-0.2, -0.15) is 5.10 Å². The number of hydrogen-bond acceptors (Lipinski definition) is 4. The molecule has 0 aromatic rings. The van der Waals surface area contributed by atoms with E-state index in [0.29, 0.717) is 18.9 Å². The Morgan fingerprint density at radius 1 is 1.26 bits per heavy atom. The molecule has 0 radical (unpaired) electrons. The minimum absolute atomic E-state index is 0.127. The molecule has 0 atom stereocenters. The van der Waals surface area contributed by atoms with E-state index in [9.17, 15) is 9.59 Å². The highest BCUT2D eigenvalue weighted by molar-refractivity contribution is 5.91. The lowest BCUT2D eigenvalue weighted by Gasteiger charge is -2.34. The third kappa shape index (κ3) is 5.52. The molecule has 2 aliphatic heterocycles. The maximum atomic E-state index is 12.0. The number of carbonyl (C=O) groups excluding carboxylic acids is 2. The van der Waals surface area contributed by atoms with Gasteiger partial charge in [-0.15, -0.1) is 0 Å². The molecule has 1 fully saturated rings. The zero-order valence-corrected chi connectivity index (χ0v) is 14.8. The molecule has 23 heavy (non-hydrogen) atoms. The van der Waals surface area contributed by atoms with E-state index < -0.39 is 5.60 Å². The van der Waals surface area contributed by atoms with Gasteiger partial charge in [-0.3, -0.25) is 4.79 Å². The fraction of sp³-hybridized carbons (Fsp3) is 0.824. The molecule has 0 bridgehead atoms. The van der Waals surface area contributed by atoms with E-state index in [1.165, 1.54) is 0 Å². The molecule has 2 aliphatic rings. The van der Waals surface area contributed by atoms with Gasteiger partial charge in [0.05, 0.1) is 0 Å². The maximum absolute atomic E-state index is 12.0. The Bertz CT molecular complexity index is 474. The lowest BCUT2D eigenvalue weighted by Crippen LogP contribution is -2.42. The summed E-state index contributed by atoms with van der Waals surface area (Å²) in [6.07, 6.45) is 4.01. The summed E-state index contributed by atoms with van der Waals surface area (Å²) in [4.78, 5) is 25.7. The molecule has 0 aliphatic carbocycles. The molecular formula is C17H29N3O3. The molecule has 6 nitrogen and oxygen atoms in total. The predicted molar refractivity (Wildman–Crippen MR) is 89.2 cm³/mol. The molecule has 2 rings (SSSR count). The Balaban J connectivity index is 1.74. The van der Waals surface area contributed by atoms with Crippen LogP contribution < -0.4 is 0 Å². The van der Waals surface area contributed by atoms with Gasteiger partial charge in [0.2, 0.25) is 5.91 Å². The van der Waals surface area contributed by atoms with Crippen LogP contribution in [0.3, 0.4) is 0 Å². The molecule has 0 aromatic heterocycles. The Kier molecular flexibility index (Phi) is 5.65. The van der Waals surface area contributed by atoms with Gasteiger partial charge in [0.25, 0.3) is 0 Å². The highest BCUT2D eigenvalue weighted by Crippen LogP contribution is 2.23. The number of amides is 2. The van der Waals surface area contributed by atoms with Crippen LogP contribution in [-0.4, -0.2) is 52.9 Å². The van der Waals surface area contributed by atoms with E-state index in [1.807, 2.05) is 27.7 Å². The lowest BCUT2D eigenvalue weighted by molar-refractivity contribution is -0.132. The zero-order chi connectivity index (χ0) is 17.0. The van der Waals surface area contributed by atoms with Gasteiger partial charge in [0.1, 0.15) is 5.60 Å². The minimum Gasteiger partial charge on any atom is -0.444 e. The van der Waals surface area contributed by atoms with Crippen LogP contribution in [0.25, 0.3) is 0 Å². The van der Waals surface area contributed by atoms with Gasteiger partial charge >= 0.3 is 6.09 Å². The van der Waals surface area contributed by atoms with Crippen molar-refractivity contribution in [1.82, 2.24) is 9.91 Å². The molecule has 2 heterocycles. The average Bonchev–Trinajstić information content (AvgIpc) is 2.47. The number of piperidine rings is 1. The zero-order valence-electron chi connectivity index (χ0n) is 14.8. The van der Waals surface area contributed by atoms with Crippen LogP contribution in [0, 0.1) is 5.92 Å². The number of likely N-dealkylation sites (tertiary alicyclic amines) is 1. The normalized spacial score (nSPS) is 20.5. The van der Waals surface area contributed by atoms with Crippen molar-refractivity contribution in [1.29, 1.82) is 0 Å². The summed E-state index contributed by atoms with van der Waals surface area (Å²) in [5.74, 6) is 0.667. The number of nitrogens with zero attached hydrogens (tertiary/aromatic N) is 3. The van der Waals surface area contributed by atoms with Crippen LogP contribution in [0.1, 0.15) is 59.8 Å². The third-order valence-electron chi connectivity index (χ3n) is 4.30. The van der Waals surface area contributed by atoms with Crippen molar-refractivity contribution < 1.29 is 14.3 Å². The Morgan fingerprint density at radius 2 is 1.91 bits per heavy atom. The Labute approximate surface area is 138 Å². The number of rotatable bonds is 3. The van der Waals surface area contributed by atoms with E-state index in [1.54, 1.807) is 9.91 Å². The molecule has 130 valence electrons. The van der Waals surface area contributed by atoms with Crippen molar-refractivity contribution in [2.24, 2.45) is 11.0 Å². The highest BCUT2D eigenvalue weighted by Gasteiger charge is 2.27. The van der Waals surface area contributed by atoms with Crippen molar-refractivity contribution in [3.63, 3.8) is 0 Å². The third-order valence-corrected chi connectivity index (χ3v) is 4.30. The number of carbonyl (C=O) groups is 2. The van der Waals surface area contributed by atoms with Crippen molar-refractivity contribution in [3.8, 4) is 0 Å². The number of ether oxygens (including phenoxy) is 1. The van der Waals surface area contributed by atoms with Gasteiger partial charge in [0.15, 0.2) is 0 Å². The maximum Gasteiger partial charge on any atom is 0.410 e. The predicted octanol–water partition coefficient (Wildman–Crippen LogP) is 3.02. The molecule has 2 amide bonds. The molecule has 0 unspecified atom stereocenters. The summed E-state index contributed by atoms with van der Waals surface area (Å²) < 4.78 is 5.41. The van der Waals surface area contributed by atoms with E-state index in [2.05, 4.69) is 5.10 Å². The van der Waals surface area contributed by atoms with Gasteiger partial charge in [-0.05, 0) is 59.3 Å². The SMILES string of the molecule is CC1=NN(CCC2CCN(C(=O)OC(C)(C)C)CC2)C(=O)CC1. The van der Waals surface area contributed by atoms with Gasteiger partial charge < -0.3 is 9.64 Å². The van der Waals surface area contributed by atoms with E-state index >= 15 is 0 Å². The van der Waals surface area contributed by atoms with Crippen LogP contribution in [0.2, 0.25) is 0 Å². The molecule has 0 saturated carbocycles. The Hall–Kier alpha value is -1.59. The summed E-state index contributed by atoms with van der Waals surface area (Å²) in [6, 6.07) is 0. The average molecular weight is 323 g/mol. The highest BCUT2D eigenvalue weighted by atomic mass is 16.6. The molecule has 0 aromatic carbocycles. The Morgan fingerprint density at radius 3 is 2.52 bits per heavy atom. The van der Waals surface area contributed by atoms with Crippen LogP contribution in [-0.2, 0) is 9.53 Å². The summed E-state index contributed by atoms with van der Waals surface area (Å²) >= 11 is 0. The summed E-state index contributed by atoms with van der Waals surface area (Å²) in [5.41, 5.74) is 0.586. The second kappa shape index (κ2) is 7.32. The largest absolute Gasteiger partial charge is 0.444 e. The molecule has 0 spiro atoms. The lowest BCUT2D eigenvalue weighted by atomic mass is 9.93. The number of hydrazone groups is 1. The van der Waals surface area contributed by atoms with E-state index in [-0.39, 0.29) is 12.0 Å². The second-order valence-electron chi connectivity index (χ2n) is 7.55. The second-order valence-corrected chi connectivity index (χ2v) is 7.55.